The van der Waals surface area contributed by atoms with Crippen LogP contribution >= 0.6 is 11.3 Å². The van der Waals surface area contributed by atoms with E-state index in [1.807, 2.05) is 18.4 Å². The summed E-state index contributed by atoms with van der Waals surface area (Å²) in [7, 11) is 2.04. The third-order valence-corrected chi connectivity index (χ3v) is 4.00. The van der Waals surface area contributed by atoms with Crippen molar-refractivity contribution in [3.05, 3.63) is 33.5 Å². The van der Waals surface area contributed by atoms with Crippen LogP contribution in [0.2, 0.25) is 0 Å². The van der Waals surface area contributed by atoms with E-state index >= 15 is 0 Å². The van der Waals surface area contributed by atoms with Gasteiger partial charge >= 0.3 is 0 Å². The smallest absolute Gasteiger partial charge is 0.0415 e. The summed E-state index contributed by atoms with van der Waals surface area (Å²) in [4.78, 5) is 2.88. The molecule has 0 bridgehead atoms. The number of hydrogen-bond donors (Lipinski definition) is 1. The van der Waals surface area contributed by atoms with E-state index in [-0.39, 0.29) is 0 Å². The molecular formula is C13H21NS. The Hall–Kier alpha value is -0.600. The number of rotatable bonds is 5. The van der Waals surface area contributed by atoms with Gasteiger partial charge in [0.2, 0.25) is 0 Å². The van der Waals surface area contributed by atoms with Crippen molar-refractivity contribution in [3.8, 4) is 0 Å². The first-order chi connectivity index (χ1) is 7.04. The van der Waals surface area contributed by atoms with Gasteiger partial charge in [-0.15, -0.1) is 17.9 Å². The van der Waals surface area contributed by atoms with Crippen LogP contribution < -0.4 is 5.32 Å². The summed E-state index contributed by atoms with van der Waals surface area (Å²) in [6.45, 7) is 10.4. The molecule has 0 spiro atoms. The fourth-order valence-corrected chi connectivity index (χ4v) is 2.78. The average molecular weight is 223 g/mol. The van der Waals surface area contributed by atoms with Gasteiger partial charge in [-0.05, 0) is 52.3 Å². The normalized spacial score (nSPS) is 12.8. The molecule has 1 N–H and O–H groups in total. The van der Waals surface area contributed by atoms with Crippen molar-refractivity contribution in [1.29, 1.82) is 0 Å². The van der Waals surface area contributed by atoms with Crippen LogP contribution in [0.15, 0.2) is 18.2 Å². The van der Waals surface area contributed by atoms with Crippen LogP contribution in [0.5, 0.6) is 0 Å². The monoisotopic (exact) mass is 223 g/mol. The number of nitrogens with one attached hydrogen (secondary N) is 1. The van der Waals surface area contributed by atoms with Crippen LogP contribution in [0, 0.1) is 13.8 Å². The predicted molar refractivity (Wildman–Crippen MR) is 69.6 cm³/mol. The molecule has 0 radical (unpaired) electrons. The maximum atomic E-state index is 3.95. The van der Waals surface area contributed by atoms with E-state index in [1.165, 1.54) is 20.9 Å². The summed E-state index contributed by atoms with van der Waals surface area (Å²) in [6, 6.07) is 2.79. The van der Waals surface area contributed by atoms with E-state index in [9.17, 15) is 0 Å². The lowest BCUT2D eigenvalue weighted by Gasteiger charge is -2.14. The molecule has 15 heavy (non-hydrogen) atoms. The second kappa shape index (κ2) is 5.47. The van der Waals surface area contributed by atoms with Crippen LogP contribution in [-0.2, 0) is 0 Å². The van der Waals surface area contributed by atoms with Gasteiger partial charge in [0.25, 0.3) is 0 Å². The Kier molecular flexibility index (Phi) is 4.55. The molecule has 0 saturated carbocycles. The Bertz CT molecular complexity index is 319. The first-order valence-corrected chi connectivity index (χ1v) is 6.24. The summed E-state index contributed by atoms with van der Waals surface area (Å²) in [5.41, 5.74) is 2.67. The van der Waals surface area contributed by atoms with Crippen molar-refractivity contribution in [2.75, 3.05) is 7.05 Å². The first-order valence-electron chi connectivity index (χ1n) is 5.43. The minimum Gasteiger partial charge on any atom is -0.312 e. The maximum absolute atomic E-state index is 3.95. The molecule has 1 unspecified atom stereocenters. The highest BCUT2D eigenvalue weighted by Crippen LogP contribution is 2.29. The van der Waals surface area contributed by atoms with Crippen molar-refractivity contribution in [1.82, 2.24) is 5.32 Å². The number of hydrogen-bond acceptors (Lipinski definition) is 2. The molecule has 0 saturated heterocycles. The highest BCUT2D eigenvalue weighted by Gasteiger charge is 2.12. The third-order valence-electron chi connectivity index (χ3n) is 2.74. The lowest BCUT2D eigenvalue weighted by atomic mass is 10.1. The molecule has 0 aliphatic heterocycles. The topological polar surface area (TPSA) is 12.0 Å². The highest BCUT2D eigenvalue weighted by molar-refractivity contribution is 7.12. The average Bonchev–Trinajstić information content (AvgIpc) is 2.47. The van der Waals surface area contributed by atoms with Gasteiger partial charge in [0.15, 0.2) is 0 Å². The quantitative estimate of drug-likeness (QED) is 0.744. The van der Waals surface area contributed by atoms with Gasteiger partial charge in [0, 0.05) is 15.8 Å². The molecular weight excluding hydrogens is 202 g/mol. The molecule has 1 aromatic rings. The van der Waals surface area contributed by atoms with Gasteiger partial charge in [-0.2, -0.15) is 0 Å². The van der Waals surface area contributed by atoms with Crippen LogP contribution in [0.4, 0.5) is 0 Å². The van der Waals surface area contributed by atoms with E-state index in [0.717, 1.165) is 12.8 Å². The van der Waals surface area contributed by atoms with E-state index in [4.69, 9.17) is 0 Å². The third kappa shape index (κ3) is 3.47. The summed E-state index contributed by atoms with van der Waals surface area (Å²) < 4.78 is 0. The SMILES string of the molecule is C=C(C)CCC(NC)c1cc(C)c(C)s1. The highest BCUT2D eigenvalue weighted by atomic mass is 32.1. The van der Waals surface area contributed by atoms with Gasteiger partial charge in [0.1, 0.15) is 0 Å². The molecule has 1 atom stereocenters. The van der Waals surface area contributed by atoms with E-state index in [0.29, 0.717) is 6.04 Å². The zero-order chi connectivity index (χ0) is 11.4. The zero-order valence-electron chi connectivity index (χ0n) is 10.2. The number of aryl methyl sites for hydroxylation is 2. The molecule has 0 amide bonds. The zero-order valence-corrected chi connectivity index (χ0v) is 11.0. The molecule has 1 nitrogen and oxygen atoms in total. The molecule has 1 heterocycles. The summed E-state index contributed by atoms with van der Waals surface area (Å²) >= 11 is 1.91. The Morgan fingerprint density at radius 2 is 2.20 bits per heavy atom. The van der Waals surface area contributed by atoms with Crippen molar-refractivity contribution in [3.63, 3.8) is 0 Å². The molecule has 1 rings (SSSR count). The number of allylic oxidation sites excluding steroid dienone is 1. The molecule has 0 aliphatic carbocycles. The Morgan fingerprint density at radius 1 is 1.53 bits per heavy atom. The molecule has 0 aliphatic rings. The van der Waals surface area contributed by atoms with Crippen LogP contribution in [0.25, 0.3) is 0 Å². The van der Waals surface area contributed by atoms with E-state index in [1.54, 1.807) is 0 Å². The fourth-order valence-electron chi connectivity index (χ4n) is 1.59. The van der Waals surface area contributed by atoms with E-state index < -0.39 is 0 Å². The van der Waals surface area contributed by atoms with Crippen LogP contribution in [0.1, 0.15) is 41.1 Å². The standard InChI is InChI=1S/C13H21NS/c1-9(2)6-7-12(14-5)13-8-10(3)11(4)15-13/h8,12,14H,1,6-7H2,2-5H3. The molecule has 0 fully saturated rings. The van der Waals surface area contributed by atoms with Gasteiger partial charge in [-0.1, -0.05) is 5.57 Å². The van der Waals surface area contributed by atoms with E-state index in [2.05, 4.69) is 38.7 Å². The second-order valence-corrected chi connectivity index (χ2v) is 5.51. The largest absolute Gasteiger partial charge is 0.312 e. The van der Waals surface area contributed by atoms with Gasteiger partial charge in [0.05, 0.1) is 0 Å². The first kappa shape index (κ1) is 12.5. The minimum absolute atomic E-state index is 0.485. The maximum Gasteiger partial charge on any atom is 0.0415 e. The molecule has 0 aromatic carbocycles. The number of thiophene rings is 1. The molecule has 84 valence electrons. The second-order valence-electron chi connectivity index (χ2n) is 4.23. The van der Waals surface area contributed by atoms with Crippen LogP contribution in [0.3, 0.4) is 0 Å². The van der Waals surface area contributed by atoms with Crippen molar-refractivity contribution in [2.24, 2.45) is 0 Å². The van der Waals surface area contributed by atoms with Gasteiger partial charge < -0.3 is 5.32 Å². The summed E-state index contributed by atoms with van der Waals surface area (Å²) in [5.74, 6) is 0. The van der Waals surface area contributed by atoms with Crippen molar-refractivity contribution >= 4 is 11.3 Å². The van der Waals surface area contributed by atoms with Gasteiger partial charge in [-0.25, -0.2) is 0 Å². The summed E-state index contributed by atoms with van der Waals surface area (Å²) in [5, 5.41) is 3.38. The molecule has 1 aromatic heterocycles. The van der Waals surface area contributed by atoms with Crippen molar-refractivity contribution in [2.45, 2.75) is 39.7 Å². The van der Waals surface area contributed by atoms with Crippen LogP contribution in [-0.4, -0.2) is 7.05 Å². The Morgan fingerprint density at radius 3 is 2.60 bits per heavy atom. The summed E-state index contributed by atoms with van der Waals surface area (Å²) in [6.07, 6.45) is 2.24. The predicted octanol–water partition coefficient (Wildman–Crippen LogP) is 3.98. The fraction of sp³-hybridized carbons (Fsp3) is 0.538. The lowest BCUT2D eigenvalue weighted by Crippen LogP contribution is -2.15. The Balaban J connectivity index is 2.69. The van der Waals surface area contributed by atoms with Crippen molar-refractivity contribution < 1.29 is 0 Å². The van der Waals surface area contributed by atoms with Gasteiger partial charge in [-0.3, -0.25) is 0 Å². The molecule has 2 heteroatoms. The Labute approximate surface area is 97.2 Å². The minimum atomic E-state index is 0.485. The lowest BCUT2D eigenvalue weighted by molar-refractivity contribution is 0.557.